The second kappa shape index (κ2) is 5.50. The largest absolute Gasteiger partial charge is 0.345 e. The third-order valence-electron chi connectivity index (χ3n) is 3.87. The molecule has 0 fully saturated rings. The van der Waals surface area contributed by atoms with Gasteiger partial charge in [-0.3, -0.25) is 0 Å². The minimum absolute atomic E-state index is 0.337. The summed E-state index contributed by atoms with van der Waals surface area (Å²) in [6.45, 7) is 2.04. The summed E-state index contributed by atoms with van der Waals surface area (Å²) in [5, 5.41) is 17.8. The number of hydrogen-bond acceptors (Lipinski definition) is 6. The average Bonchev–Trinajstić information content (AvgIpc) is 3.05. The number of fused-ring (bicyclic) bond motifs is 1. The molecule has 7 nitrogen and oxygen atoms in total. The molecule has 1 aromatic carbocycles. The standard InChI is InChI=1S/C16H13N7/c17-10-13-16(19-7-6-18-13)22-8-9-23-14(11-22)20-21-15(23)12-4-2-1-3-5-12/h1-7H,8-9,11H2. The topological polar surface area (TPSA) is 83.5 Å². The number of benzene rings is 1. The lowest BCUT2D eigenvalue weighted by molar-refractivity contribution is 0.558. The van der Waals surface area contributed by atoms with Gasteiger partial charge in [0, 0.05) is 31.0 Å². The monoisotopic (exact) mass is 303 g/mol. The molecule has 0 N–H and O–H groups in total. The molecular weight excluding hydrogens is 290 g/mol. The van der Waals surface area contributed by atoms with Gasteiger partial charge in [-0.05, 0) is 0 Å². The van der Waals surface area contributed by atoms with E-state index in [4.69, 9.17) is 0 Å². The van der Waals surface area contributed by atoms with Crippen molar-refractivity contribution in [3.05, 3.63) is 54.2 Å². The van der Waals surface area contributed by atoms with Gasteiger partial charge in [0.15, 0.2) is 23.2 Å². The van der Waals surface area contributed by atoms with Crippen LogP contribution in [0.5, 0.6) is 0 Å². The number of nitrogens with zero attached hydrogens (tertiary/aromatic N) is 7. The Labute approximate surface area is 132 Å². The van der Waals surface area contributed by atoms with Crippen molar-refractivity contribution in [2.75, 3.05) is 11.4 Å². The molecule has 3 heterocycles. The number of anilines is 1. The molecule has 1 aliphatic heterocycles. The highest BCUT2D eigenvalue weighted by molar-refractivity contribution is 5.56. The zero-order chi connectivity index (χ0) is 15.6. The maximum atomic E-state index is 9.18. The van der Waals surface area contributed by atoms with Crippen LogP contribution in [0, 0.1) is 11.3 Å². The van der Waals surface area contributed by atoms with E-state index >= 15 is 0 Å². The van der Waals surface area contributed by atoms with Crippen molar-refractivity contribution in [1.29, 1.82) is 5.26 Å². The third-order valence-corrected chi connectivity index (χ3v) is 3.87. The molecule has 0 radical (unpaired) electrons. The van der Waals surface area contributed by atoms with Gasteiger partial charge in [-0.15, -0.1) is 10.2 Å². The van der Waals surface area contributed by atoms with Crippen molar-refractivity contribution in [2.24, 2.45) is 0 Å². The second-order valence-corrected chi connectivity index (χ2v) is 5.22. The molecular formula is C16H13N7. The Balaban J connectivity index is 1.67. The fourth-order valence-electron chi connectivity index (χ4n) is 2.78. The summed E-state index contributed by atoms with van der Waals surface area (Å²) < 4.78 is 2.12. The van der Waals surface area contributed by atoms with Gasteiger partial charge in [0.2, 0.25) is 0 Å². The van der Waals surface area contributed by atoms with E-state index in [2.05, 4.69) is 30.8 Å². The highest BCUT2D eigenvalue weighted by atomic mass is 15.3. The van der Waals surface area contributed by atoms with E-state index in [1.54, 1.807) is 6.20 Å². The van der Waals surface area contributed by atoms with E-state index < -0.39 is 0 Å². The predicted octanol–water partition coefficient (Wildman–Crippen LogP) is 1.63. The van der Waals surface area contributed by atoms with E-state index in [0.29, 0.717) is 18.1 Å². The Morgan fingerprint density at radius 3 is 2.65 bits per heavy atom. The molecule has 2 aromatic heterocycles. The highest BCUT2D eigenvalue weighted by Gasteiger charge is 2.24. The van der Waals surface area contributed by atoms with Crippen LogP contribution < -0.4 is 4.90 Å². The van der Waals surface area contributed by atoms with Crippen LogP contribution in [-0.4, -0.2) is 31.3 Å². The van der Waals surface area contributed by atoms with Gasteiger partial charge in [-0.1, -0.05) is 30.3 Å². The van der Waals surface area contributed by atoms with Gasteiger partial charge in [0.05, 0.1) is 6.54 Å². The SMILES string of the molecule is N#Cc1nccnc1N1CCn2c(nnc2-c2ccccc2)C1. The molecule has 0 amide bonds. The summed E-state index contributed by atoms with van der Waals surface area (Å²) in [6, 6.07) is 12.1. The van der Waals surface area contributed by atoms with Gasteiger partial charge >= 0.3 is 0 Å². The lowest BCUT2D eigenvalue weighted by Crippen LogP contribution is -2.35. The van der Waals surface area contributed by atoms with Crippen LogP contribution in [0.1, 0.15) is 11.5 Å². The molecule has 0 unspecified atom stereocenters. The number of hydrogen-bond donors (Lipinski definition) is 0. The molecule has 0 spiro atoms. The molecule has 23 heavy (non-hydrogen) atoms. The van der Waals surface area contributed by atoms with Crippen molar-refractivity contribution < 1.29 is 0 Å². The lowest BCUT2D eigenvalue weighted by Gasteiger charge is -2.28. The normalized spacial score (nSPS) is 13.4. The summed E-state index contributed by atoms with van der Waals surface area (Å²) in [6.07, 6.45) is 3.13. The second-order valence-electron chi connectivity index (χ2n) is 5.22. The molecule has 112 valence electrons. The first-order valence-corrected chi connectivity index (χ1v) is 7.30. The van der Waals surface area contributed by atoms with E-state index in [1.807, 2.05) is 35.2 Å². The number of nitriles is 1. The van der Waals surface area contributed by atoms with Crippen molar-refractivity contribution in [1.82, 2.24) is 24.7 Å². The predicted molar refractivity (Wildman–Crippen MR) is 83.3 cm³/mol. The fraction of sp³-hybridized carbons (Fsp3) is 0.188. The molecule has 0 saturated heterocycles. The quantitative estimate of drug-likeness (QED) is 0.715. The molecule has 4 rings (SSSR count). The minimum Gasteiger partial charge on any atom is -0.345 e. The molecule has 7 heteroatoms. The van der Waals surface area contributed by atoms with Crippen molar-refractivity contribution in [2.45, 2.75) is 13.1 Å². The minimum atomic E-state index is 0.337. The molecule has 0 aliphatic carbocycles. The van der Waals surface area contributed by atoms with Crippen molar-refractivity contribution in [3.8, 4) is 17.5 Å². The summed E-state index contributed by atoms with van der Waals surface area (Å²) in [7, 11) is 0. The van der Waals surface area contributed by atoms with Gasteiger partial charge in [0.25, 0.3) is 0 Å². The summed E-state index contributed by atoms with van der Waals surface area (Å²) in [4.78, 5) is 10.4. The van der Waals surface area contributed by atoms with Crippen LogP contribution in [0.3, 0.4) is 0 Å². The van der Waals surface area contributed by atoms with Crippen LogP contribution in [0.2, 0.25) is 0 Å². The zero-order valence-electron chi connectivity index (χ0n) is 12.3. The first kappa shape index (κ1) is 13.4. The van der Waals surface area contributed by atoms with Crippen LogP contribution in [0.4, 0.5) is 5.82 Å². The van der Waals surface area contributed by atoms with Crippen LogP contribution in [-0.2, 0) is 13.1 Å². The lowest BCUT2D eigenvalue weighted by atomic mass is 10.2. The number of rotatable bonds is 2. The summed E-state index contributed by atoms with van der Waals surface area (Å²) >= 11 is 0. The highest BCUT2D eigenvalue weighted by Crippen LogP contribution is 2.24. The Kier molecular flexibility index (Phi) is 3.20. The van der Waals surface area contributed by atoms with Crippen LogP contribution in [0.15, 0.2) is 42.7 Å². The third kappa shape index (κ3) is 2.30. The Bertz CT molecular complexity index is 879. The van der Waals surface area contributed by atoms with E-state index in [-0.39, 0.29) is 0 Å². The molecule has 0 saturated carbocycles. The van der Waals surface area contributed by atoms with E-state index in [9.17, 15) is 5.26 Å². The Morgan fingerprint density at radius 1 is 1.00 bits per heavy atom. The smallest absolute Gasteiger partial charge is 0.183 e. The first-order valence-electron chi connectivity index (χ1n) is 7.30. The maximum Gasteiger partial charge on any atom is 0.183 e. The van der Waals surface area contributed by atoms with Crippen molar-refractivity contribution in [3.63, 3.8) is 0 Å². The Morgan fingerprint density at radius 2 is 1.83 bits per heavy atom. The van der Waals surface area contributed by atoms with E-state index in [0.717, 1.165) is 30.3 Å². The van der Waals surface area contributed by atoms with Crippen LogP contribution in [0.25, 0.3) is 11.4 Å². The molecule has 0 atom stereocenters. The van der Waals surface area contributed by atoms with Crippen molar-refractivity contribution >= 4 is 5.82 Å². The summed E-state index contributed by atoms with van der Waals surface area (Å²) in [5.41, 5.74) is 1.39. The summed E-state index contributed by atoms with van der Waals surface area (Å²) in [5.74, 6) is 2.34. The van der Waals surface area contributed by atoms with Gasteiger partial charge in [-0.2, -0.15) is 5.26 Å². The van der Waals surface area contributed by atoms with Gasteiger partial charge < -0.3 is 9.47 Å². The zero-order valence-corrected chi connectivity index (χ0v) is 12.3. The van der Waals surface area contributed by atoms with Gasteiger partial charge in [-0.25, -0.2) is 9.97 Å². The fourth-order valence-corrected chi connectivity index (χ4v) is 2.78. The maximum absolute atomic E-state index is 9.18. The van der Waals surface area contributed by atoms with Gasteiger partial charge in [0.1, 0.15) is 6.07 Å². The molecule has 1 aliphatic rings. The van der Waals surface area contributed by atoms with Crippen LogP contribution >= 0.6 is 0 Å². The molecule has 3 aromatic rings. The Hall–Kier alpha value is -3.27. The average molecular weight is 303 g/mol. The van der Waals surface area contributed by atoms with E-state index in [1.165, 1.54) is 6.20 Å². The molecule has 0 bridgehead atoms. The number of aromatic nitrogens is 5. The first-order chi connectivity index (χ1) is 11.4.